The largest absolute Gasteiger partial charge is 0.351 e. The van der Waals surface area contributed by atoms with Crippen LogP contribution in [-0.4, -0.2) is 15.3 Å². The minimum atomic E-state index is -0.526. The van der Waals surface area contributed by atoms with E-state index in [-0.39, 0.29) is 17.5 Å². The lowest BCUT2D eigenvalue weighted by Gasteiger charge is -2.37. The van der Waals surface area contributed by atoms with Crippen LogP contribution in [0.1, 0.15) is 35.5 Å². The minimum Gasteiger partial charge on any atom is -0.351 e. The van der Waals surface area contributed by atoms with E-state index in [0.29, 0.717) is 21.8 Å². The van der Waals surface area contributed by atoms with Crippen molar-refractivity contribution in [1.29, 1.82) is 0 Å². The minimum absolute atomic E-state index is 0.236. The summed E-state index contributed by atoms with van der Waals surface area (Å²) in [6.45, 7) is 6.00. The highest BCUT2D eigenvalue weighted by Crippen LogP contribution is 2.39. The van der Waals surface area contributed by atoms with Gasteiger partial charge in [0.05, 0.1) is 11.6 Å². The number of thiocarbonyl (C=S) groups is 1. The van der Waals surface area contributed by atoms with Gasteiger partial charge in [0.15, 0.2) is 5.11 Å². The Morgan fingerprint density at radius 2 is 1.66 bits per heavy atom. The van der Waals surface area contributed by atoms with Crippen molar-refractivity contribution in [1.82, 2.24) is 15.5 Å². The summed E-state index contributed by atoms with van der Waals surface area (Å²) in [7, 11) is 0. The molecule has 0 saturated carbocycles. The normalized spacial score (nSPS) is 16.0. The Labute approximate surface area is 207 Å². The maximum Gasteiger partial charge on any atom is 0.258 e. The first-order valence-electron chi connectivity index (χ1n) is 11.1. The molecule has 0 bridgehead atoms. The monoisotopic (exact) mass is 488 g/mol. The van der Waals surface area contributed by atoms with Crippen molar-refractivity contribution in [2.45, 2.75) is 26.8 Å². The lowest BCUT2D eigenvalue weighted by molar-refractivity contribution is 0.404. The van der Waals surface area contributed by atoms with E-state index in [1.807, 2.05) is 43.9 Å². The third-order valence-electron chi connectivity index (χ3n) is 6.15. The fourth-order valence-electron chi connectivity index (χ4n) is 4.21. The van der Waals surface area contributed by atoms with E-state index in [2.05, 4.69) is 21.5 Å². The number of halogens is 2. The molecule has 0 fully saturated rings. The molecule has 176 valence electrons. The van der Waals surface area contributed by atoms with Crippen LogP contribution in [0.4, 0.5) is 14.5 Å². The first kappa shape index (κ1) is 22.9. The van der Waals surface area contributed by atoms with E-state index in [1.165, 1.54) is 29.8 Å². The Morgan fingerprint density at radius 3 is 2.37 bits per heavy atom. The fourth-order valence-corrected chi connectivity index (χ4v) is 4.57. The molecule has 1 N–H and O–H groups in total. The van der Waals surface area contributed by atoms with E-state index in [0.717, 1.165) is 16.9 Å². The molecule has 2 heterocycles. The van der Waals surface area contributed by atoms with Crippen LogP contribution in [0.3, 0.4) is 0 Å². The second kappa shape index (κ2) is 9.03. The summed E-state index contributed by atoms with van der Waals surface area (Å²) in [5, 5.41) is 7.88. The van der Waals surface area contributed by atoms with E-state index in [1.54, 1.807) is 18.2 Å². The van der Waals surface area contributed by atoms with Crippen LogP contribution >= 0.6 is 12.2 Å². The predicted molar refractivity (Wildman–Crippen MR) is 136 cm³/mol. The topological polar surface area (TPSA) is 54.2 Å². The number of anilines is 1. The average Bonchev–Trinajstić information content (AvgIpc) is 3.31. The summed E-state index contributed by atoms with van der Waals surface area (Å²) in [5.74, 6) is -0.272. The summed E-state index contributed by atoms with van der Waals surface area (Å²) in [5.41, 5.74) is 5.73. The molecule has 5 nitrogen and oxygen atoms in total. The molecule has 4 aromatic rings. The Balaban J connectivity index is 1.67. The van der Waals surface area contributed by atoms with Crippen molar-refractivity contribution in [3.63, 3.8) is 0 Å². The molecule has 1 aromatic heterocycles. The predicted octanol–water partition coefficient (Wildman–Crippen LogP) is 6.50. The highest BCUT2D eigenvalue weighted by atomic mass is 32.1. The van der Waals surface area contributed by atoms with Gasteiger partial charge in [-0.2, -0.15) is 4.98 Å². The quantitative estimate of drug-likeness (QED) is 0.331. The fraction of sp³-hybridized carbons (Fsp3) is 0.148. The van der Waals surface area contributed by atoms with Gasteiger partial charge in [0.2, 0.25) is 5.82 Å². The van der Waals surface area contributed by atoms with Gasteiger partial charge in [-0.05, 0) is 86.1 Å². The number of rotatable bonds is 4. The van der Waals surface area contributed by atoms with Crippen molar-refractivity contribution in [3.05, 3.63) is 107 Å². The molecule has 5 rings (SSSR count). The van der Waals surface area contributed by atoms with Crippen molar-refractivity contribution < 1.29 is 13.3 Å². The van der Waals surface area contributed by atoms with Crippen molar-refractivity contribution in [2.24, 2.45) is 0 Å². The van der Waals surface area contributed by atoms with Crippen LogP contribution < -0.4 is 10.2 Å². The standard InChI is InChI=1S/C27H22F2N4OS/c1-15-10-11-22(12-16(15)2)33-17(3)23(24(30-27(33)35)18-6-4-8-20(28)13-18)26-31-25(32-34-26)19-7-5-9-21(29)14-19/h4-14,24H,1-3H3,(H,30,35). The summed E-state index contributed by atoms with van der Waals surface area (Å²) in [6, 6.07) is 17.8. The number of nitrogens with one attached hydrogen (secondary N) is 1. The van der Waals surface area contributed by atoms with Gasteiger partial charge in [0.1, 0.15) is 11.6 Å². The van der Waals surface area contributed by atoms with Gasteiger partial charge < -0.3 is 9.84 Å². The van der Waals surface area contributed by atoms with Gasteiger partial charge in [0.25, 0.3) is 5.89 Å². The zero-order valence-electron chi connectivity index (χ0n) is 19.3. The molecule has 1 atom stereocenters. The molecular weight excluding hydrogens is 466 g/mol. The van der Waals surface area contributed by atoms with Crippen LogP contribution in [0, 0.1) is 25.5 Å². The molecule has 8 heteroatoms. The van der Waals surface area contributed by atoms with E-state index in [4.69, 9.17) is 16.7 Å². The van der Waals surface area contributed by atoms with Crippen LogP contribution in [0.2, 0.25) is 0 Å². The highest BCUT2D eigenvalue weighted by molar-refractivity contribution is 7.80. The second-order valence-electron chi connectivity index (χ2n) is 8.47. The van der Waals surface area contributed by atoms with E-state index in [9.17, 15) is 8.78 Å². The number of benzene rings is 3. The van der Waals surface area contributed by atoms with Crippen molar-refractivity contribution in [3.8, 4) is 11.4 Å². The van der Waals surface area contributed by atoms with Gasteiger partial charge in [0, 0.05) is 16.9 Å². The molecule has 0 saturated heterocycles. The van der Waals surface area contributed by atoms with Crippen molar-refractivity contribution >= 4 is 28.6 Å². The van der Waals surface area contributed by atoms with Gasteiger partial charge >= 0.3 is 0 Å². The van der Waals surface area contributed by atoms with Crippen LogP contribution in [0.5, 0.6) is 0 Å². The van der Waals surface area contributed by atoms with Crippen LogP contribution in [0.15, 0.2) is 77.0 Å². The smallest absolute Gasteiger partial charge is 0.258 e. The zero-order chi connectivity index (χ0) is 24.7. The SMILES string of the molecule is CC1=C(c2nc(-c3cccc(F)c3)no2)C(c2cccc(F)c2)NC(=S)N1c1ccc(C)c(C)c1. The maximum atomic E-state index is 14.2. The van der Waals surface area contributed by atoms with Gasteiger partial charge in [-0.3, -0.25) is 4.90 Å². The molecule has 1 aliphatic rings. The Kier molecular flexibility index (Phi) is 5.90. The second-order valence-corrected chi connectivity index (χ2v) is 8.86. The summed E-state index contributed by atoms with van der Waals surface area (Å²) in [4.78, 5) is 6.47. The molecule has 0 aliphatic carbocycles. The molecule has 1 unspecified atom stereocenters. The molecule has 3 aromatic carbocycles. The van der Waals surface area contributed by atoms with Crippen LogP contribution in [0.25, 0.3) is 17.0 Å². The van der Waals surface area contributed by atoms with Crippen molar-refractivity contribution in [2.75, 3.05) is 4.90 Å². The van der Waals surface area contributed by atoms with Crippen LogP contribution in [-0.2, 0) is 0 Å². The molecule has 0 radical (unpaired) electrons. The third-order valence-corrected chi connectivity index (χ3v) is 6.46. The number of hydrogen-bond donors (Lipinski definition) is 1. The summed E-state index contributed by atoms with van der Waals surface area (Å²) in [6.07, 6.45) is 0. The highest BCUT2D eigenvalue weighted by Gasteiger charge is 2.35. The number of nitrogens with zero attached hydrogens (tertiary/aromatic N) is 3. The zero-order valence-corrected chi connectivity index (χ0v) is 20.2. The number of aromatic nitrogens is 2. The third kappa shape index (κ3) is 4.33. The molecule has 1 aliphatic heterocycles. The Hall–Kier alpha value is -3.91. The lowest BCUT2D eigenvalue weighted by Crippen LogP contribution is -2.46. The summed E-state index contributed by atoms with van der Waals surface area (Å²) >= 11 is 5.75. The van der Waals surface area contributed by atoms with Gasteiger partial charge in [-0.25, -0.2) is 8.78 Å². The first-order valence-corrected chi connectivity index (χ1v) is 11.5. The Morgan fingerprint density at radius 1 is 0.914 bits per heavy atom. The Bertz CT molecular complexity index is 1480. The number of aryl methyl sites for hydroxylation is 2. The number of allylic oxidation sites excluding steroid dienone is 1. The van der Waals surface area contributed by atoms with E-state index >= 15 is 0 Å². The average molecular weight is 489 g/mol. The molecule has 0 amide bonds. The summed E-state index contributed by atoms with van der Waals surface area (Å²) < 4.78 is 33.6. The number of hydrogen-bond acceptors (Lipinski definition) is 4. The molecule has 35 heavy (non-hydrogen) atoms. The van der Waals surface area contributed by atoms with Gasteiger partial charge in [-0.1, -0.05) is 35.5 Å². The first-order chi connectivity index (χ1) is 16.8. The molecule has 0 spiro atoms. The van der Waals surface area contributed by atoms with Gasteiger partial charge in [-0.15, -0.1) is 0 Å². The maximum absolute atomic E-state index is 14.2. The lowest BCUT2D eigenvalue weighted by atomic mass is 9.94. The molecular formula is C27H22F2N4OS. The van der Waals surface area contributed by atoms with E-state index < -0.39 is 11.9 Å².